The highest BCUT2D eigenvalue weighted by molar-refractivity contribution is 6.39. The van der Waals surface area contributed by atoms with Crippen molar-refractivity contribution in [1.82, 2.24) is 15.3 Å². The van der Waals surface area contributed by atoms with Crippen molar-refractivity contribution in [2.75, 3.05) is 5.32 Å². The molecule has 0 radical (unpaired) electrons. The number of aromatic nitrogens is 2. The Labute approximate surface area is 102 Å². The number of rotatable bonds is 3. The monoisotopic (exact) mass is 246 g/mol. The molecule has 0 aliphatic carbocycles. The van der Waals surface area contributed by atoms with Gasteiger partial charge in [-0.2, -0.15) is 0 Å². The fraction of sp³-hybridized carbons (Fsp3) is 0.0909. The lowest BCUT2D eigenvalue weighted by molar-refractivity contribution is -0.136. The Morgan fingerprint density at radius 3 is 2.61 bits per heavy atom. The van der Waals surface area contributed by atoms with Crippen LogP contribution in [0.25, 0.3) is 0 Å². The lowest BCUT2D eigenvalue weighted by Gasteiger charge is -2.03. The van der Waals surface area contributed by atoms with E-state index in [2.05, 4.69) is 20.6 Å². The minimum atomic E-state index is -0.826. The Morgan fingerprint density at radius 2 is 1.94 bits per heavy atom. The molecule has 2 aromatic rings. The van der Waals surface area contributed by atoms with Crippen LogP contribution in [0.1, 0.15) is 5.76 Å². The normalized spacial score (nSPS) is 9.78. The van der Waals surface area contributed by atoms with Crippen LogP contribution in [0.5, 0.6) is 0 Å². The van der Waals surface area contributed by atoms with Crippen molar-refractivity contribution in [3.8, 4) is 0 Å². The van der Waals surface area contributed by atoms with Crippen LogP contribution < -0.4 is 10.6 Å². The molecule has 2 N–H and O–H groups in total. The van der Waals surface area contributed by atoms with E-state index in [9.17, 15) is 9.59 Å². The number of anilines is 1. The maximum absolute atomic E-state index is 11.4. The summed E-state index contributed by atoms with van der Waals surface area (Å²) in [4.78, 5) is 30.4. The SMILES string of the molecule is O=C(NCc1ccco1)C(=O)Nc1ncccn1. The summed E-state index contributed by atoms with van der Waals surface area (Å²) in [6.07, 6.45) is 4.41. The highest BCUT2D eigenvalue weighted by Gasteiger charge is 2.14. The van der Waals surface area contributed by atoms with Crippen LogP contribution in [-0.4, -0.2) is 21.8 Å². The molecular formula is C11H10N4O3. The molecule has 2 aromatic heterocycles. The van der Waals surface area contributed by atoms with Crippen LogP contribution in [0, 0.1) is 0 Å². The molecule has 2 heterocycles. The molecular weight excluding hydrogens is 236 g/mol. The number of nitrogens with zero attached hydrogens (tertiary/aromatic N) is 2. The molecule has 0 aliphatic rings. The highest BCUT2D eigenvalue weighted by atomic mass is 16.3. The number of furan rings is 1. The Hall–Kier alpha value is -2.70. The Kier molecular flexibility index (Phi) is 3.65. The predicted octanol–water partition coefficient (Wildman–Crippen LogP) is 0.324. The number of carbonyl (C=O) groups is 2. The molecule has 0 spiro atoms. The molecule has 18 heavy (non-hydrogen) atoms. The third-order valence-corrected chi connectivity index (χ3v) is 2.00. The van der Waals surface area contributed by atoms with Crippen molar-refractivity contribution >= 4 is 17.8 Å². The average Bonchev–Trinajstić information content (AvgIpc) is 2.90. The van der Waals surface area contributed by atoms with Gasteiger partial charge in [-0.3, -0.25) is 14.9 Å². The number of hydrogen-bond donors (Lipinski definition) is 2. The van der Waals surface area contributed by atoms with Gasteiger partial charge in [0, 0.05) is 12.4 Å². The van der Waals surface area contributed by atoms with Crippen LogP contribution in [0.2, 0.25) is 0 Å². The van der Waals surface area contributed by atoms with E-state index in [1.54, 1.807) is 18.2 Å². The van der Waals surface area contributed by atoms with Crippen molar-refractivity contribution in [3.05, 3.63) is 42.6 Å². The van der Waals surface area contributed by atoms with Crippen LogP contribution in [-0.2, 0) is 16.1 Å². The van der Waals surface area contributed by atoms with Crippen molar-refractivity contribution < 1.29 is 14.0 Å². The fourth-order valence-corrected chi connectivity index (χ4v) is 1.18. The maximum Gasteiger partial charge on any atom is 0.316 e. The molecule has 0 saturated heterocycles. The molecule has 2 rings (SSSR count). The summed E-state index contributed by atoms with van der Waals surface area (Å²) in [5, 5.41) is 4.67. The van der Waals surface area contributed by atoms with Crippen LogP contribution in [0.15, 0.2) is 41.3 Å². The van der Waals surface area contributed by atoms with Crippen LogP contribution in [0.4, 0.5) is 5.95 Å². The average molecular weight is 246 g/mol. The molecule has 2 amide bonds. The quantitative estimate of drug-likeness (QED) is 0.760. The largest absolute Gasteiger partial charge is 0.467 e. The molecule has 0 unspecified atom stereocenters. The molecule has 0 atom stereocenters. The zero-order chi connectivity index (χ0) is 12.8. The van der Waals surface area contributed by atoms with Gasteiger partial charge < -0.3 is 9.73 Å². The third-order valence-electron chi connectivity index (χ3n) is 2.00. The van der Waals surface area contributed by atoms with Gasteiger partial charge >= 0.3 is 11.8 Å². The van der Waals surface area contributed by atoms with Crippen LogP contribution in [0.3, 0.4) is 0 Å². The van der Waals surface area contributed by atoms with Gasteiger partial charge in [0.2, 0.25) is 5.95 Å². The summed E-state index contributed by atoms with van der Waals surface area (Å²) < 4.78 is 5.01. The van der Waals surface area contributed by atoms with E-state index in [4.69, 9.17) is 4.42 Å². The number of carbonyl (C=O) groups excluding carboxylic acids is 2. The second-order valence-corrected chi connectivity index (χ2v) is 3.29. The lowest BCUT2D eigenvalue weighted by atomic mass is 10.4. The first kappa shape index (κ1) is 11.8. The van der Waals surface area contributed by atoms with E-state index >= 15 is 0 Å². The fourth-order valence-electron chi connectivity index (χ4n) is 1.18. The summed E-state index contributed by atoms with van der Waals surface area (Å²) >= 11 is 0. The van der Waals surface area contributed by atoms with E-state index in [0.717, 1.165) is 0 Å². The van der Waals surface area contributed by atoms with Crippen molar-refractivity contribution in [3.63, 3.8) is 0 Å². The Bertz CT molecular complexity index is 524. The number of amides is 2. The standard InChI is InChI=1S/C11H10N4O3/c16-9(14-7-8-3-1-6-18-8)10(17)15-11-12-4-2-5-13-11/h1-6H,7H2,(H,14,16)(H,12,13,15,17). The first-order chi connectivity index (χ1) is 8.75. The molecule has 0 bridgehead atoms. The Balaban J connectivity index is 1.84. The zero-order valence-corrected chi connectivity index (χ0v) is 9.29. The number of hydrogen-bond acceptors (Lipinski definition) is 5. The van der Waals surface area contributed by atoms with Crippen molar-refractivity contribution in [1.29, 1.82) is 0 Å². The molecule has 0 aliphatic heterocycles. The van der Waals surface area contributed by atoms with Crippen molar-refractivity contribution in [2.24, 2.45) is 0 Å². The first-order valence-electron chi connectivity index (χ1n) is 5.14. The summed E-state index contributed by atoms with van der Waals surface area (Å²) in [6, 6.07) is 4.99. The van der Waals surface area contributed by atoms with Gasteiger partial charge in [0.25, 0.3) is 0 Å². The third kappa shape index (κ3) is 3.14. The zero-order valence-electron chi connectivity index (χ0n) is 9.29. The van der Waals surface area contributed by atoms with Gasteiger partial charge in [0.15, 0.2) is 0 Å². The van der Waals surface area contributed by atoms with Crippen LogP contribution >= 0.6 is 0 Å². The van der Waals surface area contributed by atoms with Gasteiger partial charge in [-0.1, -0.05) is 0 Å². The molecule has 7 heteroatoms. The smallest absolute Gasteiger partial charge is 0.316 e. The van der Waals surface area contributed by atoms with E-state index in [-0.39, 0.29) is 12.5 Å². The summed E-state index contributed by atoms with van der Waals surface area (Å²) in [5.74, 6) is -0.964. The summed E-state index contributed by atoms with van der Waals surface area (Å²) in [6.45, 7) is 0.148. The molecule has 7 nitrogen and oxygen atoms in total. The molecule has 0 fully saturated rings. The van der Waals surface area contributed by atoms with Crippen molar-refractivity contribution in [2.45, 2.75) is 6.54 Å². The highest BCUT2D eigenvalue weighted by Crippen LogP contribution is 1.98. The number of nitrogens with one attached hydrogen (secondary N) is 2. The van der Waals surface area contributed by atoms with Gasteiger partial charge in [-0.05, 0) is 18.2 Å². The van der Waals surface area contributed by atoms with E-state index in [0.29, 0.717) is 5.76 Å². The van der Waals surface area contributed by atoms with Gasteiger partial charge in [-0.25, -0.2) is 9.97 Å². The summed E-state index contributed by atoms with van der Waals surface area (Å²) in [5.41, 5.74) is 0. The lowest BCUT2D eigenvalue weighted by Crippen LogP contribution is -2.35. The van der Waals surface area contributed by atoms with E-state index < -0.39 is 11.8 Å². The predicted molar refractivity (Wildman–Crippen MR) is 61.2 cm³/mol. The Morgan fingerprint density at radius 1 is 1.17 bits per heavy atom. The van der Waals surface area contributed by atoms with Gasteiger partial charge in [0.05, 0.1) is 12.8 Å². The minimum Gasteiger partial charge on any atom is -0.467 e. The van der Waals surface area contributed by atoms with Gasteiger partial charge in [-0.15, -0.1) is 0 Å². The topological polar surface area (TPSA) is 97.1 Å². The van der Waals surface area contributed by atoms with E-state index in [1.165, 1.54) is 18.7 Å². The second-order valence-electron chi connectivity index (χ2n) is 3.29. The molecule has 0 saturated carbocycles. The maximum atomic E-state index is 11.4. The van der Waals surface area contributed by atoms with E-state index in [1.807, 2.05) is 0 Å². The first-order valence-corrected chi connectivity index (χ1v) is 5.14. The minimum absolute atomic E-state index is 0.0793. The molecule has 0 aromatic carbocycles. The van der Waals surface area contributed by atoms with Gasteiger partial charge in [0.1, 0.15) is 5.76 Å². The second kappa shape index (κ2) is 5.58. The molecule has 92 valence electrons. The summed E-state index contributed by atoms with van der Waals surface area (Å²) in [7, 11) is 0.